The summed E-state index contributed by atoms with van der Waals surface area (Å²) in [6.07, 6.45) is 5.42. The number of benzene rings is 2. The lowest BCUT2D eigenvalue weighted by molar-refractivity contribution is -0.115. The molecule has 0 unspecified atom stereocenters. The molecule has 4 nitrogen and oxygen atoms in total. The van der Waals surface area contributed by atoms with Crippen molar-refractivity contribution in [3.8, 4) is 0 Å². The maximum Gasteiger partial charge on any atom is 0.229 e. The van der Waals surface area contributed by atoms with Gasteiger partial charge < -0.3 is 5.32 Å². The van der Waals surface area contributed by atoms with Gasteiger partial charge >= 0.3 is 0 Å². The van der Waals surface area contributed by atoms with Gasteiger partial charge in [0.2, 0.25) is 5.91 Å². The first-order valence-electron chi connectivity index (χ1n) is 10.2. The van der Waals surface area contributed by atoms with E-state index in [9.17, 15) is 13.4 Å². The fourth-order valence-corrected chi connectivity index (χ4v) is 4.38. The third kappa shape index (κ3) is 4.60. The van der Waals surface area contributed by atoms with E-state index in [1.54, 1.807) is 24.6 Å². The van der Waals surface area contributed by atoms with Crippen LogP contribution < -0.4 is 5.32 Å². The van der Waals surface area contributed by atoms with Crippen LogP contribution in [-0.4, -0.2) is 21.4 Å². The van der Waals surface area contributed by atoms with Crippen LogP contribution >= 0.6 is 0 Å². The molecule has 1 heterocycles. The summed E-state index contributed by atoms with van der Waals surface area (Å²) in [6, 6.07) is 15.8. The number of nitrogens with zero attached hydrogens (tertiary/aromatic N) is 1. The van der Waals surface area contributed by atoms with E-state index in [4.69, 9.17) is 0 Å². The molecule has 0 aliphatic heterocycles. The average Bonchev–Trinajstić information content (AvgIpc) is 2.99. The molecule has 162 valence electrons. The number of fused-ring (bicyclic) bond motifs is 1. The Balaban J connectivity index is 1.68. The summed E-state index contributed by atoms with van der Waals surface area (Å²) in [5.74, 6) is -0.0515. The molecule has 1 aromatic heterocycles. The first-order valence-corrected chi connectivity index (χ1v) is 11.8. The molecule has 32 heavy (non-hydrogen) atoms. The fourth-order valence-electron chi connectivity index (χ4n) is 3.86. The Kier molecular flexibility index (Phi) is 6.15. The number of amides is 1. The van der Waals surface area contributed by atoms with Crippen molar-refractivity contribution < 1.29 is 13.4 Å². The molecule has 0 spiro atoms. The molecule has 3 aromatic rings. The summed E-state index contributed by atoms with van der Waals surface area (Å²) < 4.78 is 25.7. The van der Waals surface area contributed by atoms with Crippen LogP contribution in [0.2, 0.25) is 0 Å². The molecule has 6 heteroatoms. The van der Waals surface area contributed by atoms with Gasteiger partial charge in [-0.15, -0.1) is 0 Å². The number of nitrogens with one attached hydrogen (secondary N) is 1. The van der Waals surface area contributed by atoms with Crippen LogP contribution in [0, 0.1) is 12.7 Å². The molecule has 0 fully saturated rings. The lowest BCUT2D eigenvalue weighted by Crippen LogP contribution is -2.13. The van der Waals surface area contributed by atoms with Gasteiger partial charge in [0.15, 0.2) is 0 Å². The van der Waals surface area contributed by atoms with E-state index in [1.165, 1.54) is 12.1 Å². The number of allylic oxidation sites excluding steroid dienone is 2. The largest absolute Gasteiger partial charge is 0.310 e. The van der Waals surface area contributed by atoms with Gasteiger partial charge in [0.05, 0.1) is 6.42 Å². The molecule has 2 aromatic carbocycles. The van der Waals surface area contributed by atoms with E-state index in [1.807, 2.05) is 50.3 Å². The van der Waals surface area contributed by atoms with Crippen molar-refractivity contribution in [2.45, 2.75) is 25.2 Å². The van der Waals surface area contributed by atoms with E-state index in [0.29, 0.717) is 5.82 Å². The van der Waals surface area contributed by atoms with Crippen LogP contribution in [0.3, 0.4) is 0 Å². The van der Waals surface area contributed by atoms with Gasteiger partial charge in [-0.25, -0.2) is 9.37 Å². The molecule has 4 rings (SSSR count). The zero-order valence-corrected chi connectivity index (χ0v) is 18.9. The SMILES string of the molecule is CC1=C(CC(=O)Nc2cc(C)ccn2)c2cc(F)ccc2/C1=C/c1ccc([S@](C)=O)cc1. The summed E-state index contributed by atoms with van der Waals surface area (Å²) in [5.41, 5.74) is 6.24. The molecule has 0 saturated heterocycles. The Hall–Kier alpha value is -3.38. The van der Waals surface area contributed by atoms with E-state index in [0.717, 1.165) is 43.9 Å². The van der Waals surface area contributed by atoms with Crippen LogP contribution in [0.4, 0.5) is 10.2 Å². The van der Waals surface area contributed by atoms with Gasteiger partial charge in [-0.2, -0.15) is 0 Å². The van der Waals surface area contributed by atoms with Crippen LogP contribution in [0.25, 0.3) is 17.2 Å². The molecule has 1 N–H and O–H groups in total. The quantitative estimate of drug-likeness (QED) is 0.553. The second-order valence-corrected chi connectivity index (χ2v) is 9.20. The third-order valence-corrected chi connectivity index (χ3v) is 6.43. The predicted molar refractivity (Wildman–Crippen MR) is 128 cm³/mol. The zero-order valence-electron chi connectivity index (χ0n) is 18.1. The van der Waals surface area contributed by atoms with Crippen LogP contribution in [-0.2, 0) is 15.6 Å². The number of halogens is 1. The Labute approximate surface area is 189 Å². The van der Waals surface area contributed by atoms with Gasteiger partial charge in [-0.1, -0.05) is 18.2 Å². The molecule has 1 atom stereocenters. The summed E-state index contributed by atoms with van der Waals surface area (Å²) in [6.45, 7) is 3.88. The summed E-state index contributed by atoms with van der Waals surface area (Å²) in [4.78, 5) is 17.7. The number of carbonyl (C=O) groups is 1. The number of carbonyl (C=O) groups excluding carboxylic acids is 1. The van der Waals surface area contributed by atoms with Gasteiger partial charge in [0.1, 0.15) is 11.6 Å². The number of hydrogen-bond acceptors (Lipinski definition) is 3. The molecule has 1 aliphatic carbocycles. The molecule has 0 saturated carbocycles. The normalized spacial score (nSPS) is 15.1. The van der Waals surface area contributed by atoms with Gasteiger partial charge in [0, 0.05) is 28.1 Å². The van der Waals surface area contributed by atoms with Crippen molar-refractivity contribution in [1.29, 1.82) is 0 Å². The summed E-state index contributed by atoms with van der Waals surface area (Å²) in [7, 11) is -1.04. The number of aryl methyl sites for hydroxylation is 1. The maximum atomic E-state index is 14.1. The molecule has 1 amide bonds. The van der Waals surface area contributed by atoms with Gasteiger partial charge in [-0.05, 0) is 95.3 Å². The predicted octanol–water partition coefficient (Wildman–Crippen LogP) is 5.62. The van der Waals surface area contributed by atoms with Crippen molar-refractivity contribution >= 4 is 39.7 Å². The molecular weight excluding hydrogens is 423 g/mol. The monoisotopic (exact) mass is 446 g/mol. The van der Waals surface area contributed by atoms with E-state index >= 15 is 0 Å². The molecule has 0 bridgehead atoms. The van der Waals surface area contributed by atoms with Crippen LogP contribution in [0.1, 0.15) is 35.6 Å². The second kappa shape index (κ2) is 9.01. The van der Waals surface area contributed by atoms with E-state index in [2.05, 4.69) is 10.3 Å². The Morgan fingerprint density at radius 3 is 2.50 bits per heavy atom. The third-order valence-electron chi connectivity index (χ3n) is 5.50. The molecule has 0 radical (unpaired) electrons. The number of hydrogen-bond donors (Lipinski definition) is 1. The molecular formula is C26H23FN2O2S. The van der Waals surface area contributed by atoms with Crippen molar-refractivity contribution in [3.63, 3.8) is 0 Å². The highest BCUT2D eigenvalue weighted by molar-refractivity contribution is 7.84. The highest BCUT2D eigenvalue weighted by Gasteiger charge is 2.26. The smallest absolute Gasteiger partial charge is 0.229 e. The highest BCUT2D eigenvalue weighted by atomic mass is 32.2. The number of rotatable bonds is 5. The Morgan fingerprint density at radius 2 is 1.81 bits per heavy atom. The minimum Gasteiger partial charge on any atom is -0.310 e. The number of pyridine rings is 1. The van der Waals surface area contributed by atoms with Crippen molar-refractivity contribution in [3.05, 3.63) is 94.4 Å². The second-order valence-electron chi connectivity index (χ2n) is 7.82. The van der Waals surface area contributed by atoms with Gasteiger partial charge in [0.25, 0.3) is 0 Å². The Morgan fingerprint density at radius 1 is 1.06 bits per heavy atom. The summed E-state index contributed by atoms with van der Waals surface area (Å²) in [5, 5.41) is 2.83. The lowest BCUT2D eigenvalue weighted by atomic mass is 10.0. The average molecular weight is 447 g/mol. The summed E-state index contributed by atoms with van der Waals surface area (Å²) >= 11 is 0. The minimum atomic E-state index is -1.04. The van der Waals surface area contributed by atoms with Gasteiger partial charge in [-0.3, -0.25) is 9.00 Å². The van der Waals surface area contributed by atoms with Crippen molar-refractivity contribution in [1.82, 2.24) is 4.98 Å². The van der Waals surface area contributed by atoms with Crippen LogP contribution in [0.5, 0.6) is 0 Å². The number of aromatic nitrogens is 1. The highest BCUT2D eigenvalue weighted by Crippen LogP contribution is 2.44. The standard InChI is InChI=1S/C26H23FN2O2S/c1-16-10-11-28-25(12-16)29-26(30)15-23-17(2)22(21-9-6-19(27)14-24(21)23)13-18-4-7-20(8-5-18)32(3)31/h4-14H,15H2,1-3H3,(H,28,29,30)/b22-13+/t32-/m0/s1. The zero-order chi connectivity index (χ0) is 22.8. The first kappa shape index (κ1) is 21.8. The maximum absolute atomic E-state index is 14.1. The number of anilines is 1. The topological polar surface area (TPSA) is 59.1 Å². The Bertz CT molecular complexity index is 1290. The van der Waals surface area contributed by atoms with Crippen molar-refractivity contribution in [2.75, 3.05) is 11.6 Å². The van der Waals surface area contributed by atoms with Crippen molar-refractivity contribution in [2.24, 2.45) is 0 Å². The molecule has 1 aliphatic rings. The minimum absolute atomic E-state index is 0.114. The first-order chi connectivity index (χ1) is 15.3. The fraction of sp³-hybridized carbons (Fsp3) is 0.154. The van der Waals surface area contributed by atoms with E-state index in [-0.39, 0.29) is 18.1 Å². The van der Waals surface area contributed by atoms with E-state index < -0.39 is 10.8 Å². The lowest BCUT2D eigenvalue weighted by Gasteiger charge is -2.08. The van der Waals surface area contributed by atoms with Crippen LogP contribution in [0.15, 0.2) is 71.3 Å².